The second kappa shape index (κ2) is 9.80. The first-order chi connectivity index (χ1) is 15.5. The number of aliphatic imine (C=N–C) groups is 1. The molecule has 0 aromatic carbocycles. The Morgan fingerprint density at radius 2 is 2.09 bits per heavy atom. The van der Waals surface area contributed by atoms with Crippen LogP contribution in [0.25, 0.3) is 16.6 Å². The van der Waals surface area contributed by atoms with E-state index in [9.17, 15) is 0 Å². The van der Waals surface area contributed by atoms with Crippen LogP contribution in [0.15, 0.2) is 47.3 Å². The van der Waals surface area contributed by atoms with E-state index >= 15 is 0 Å². The molecule has 0 amide bonds. The molecule has 0 aliphatic carbocycles. The lowest BCUT2D eigenvalue weighted by Crippen LogP contribution is -2.48. The molecule has 166 valence electrons. The number of anilines is 2. The Labute approximate surface area is 187 Å². The number of rotatable bonds is 8. The average Bonchev–Trinajstić information content (AvgIpc) is 2.76. The summed E-state index contributed by atoms with van der Waals surface area (Å²) < 4.78 is 5.82. The molecule has 3 aromatic heterocycles. The summed E-state index contributed by atoms with van der Waals surface area (Å²) in [5.41, 5.74) is 11.2. The quantitative estimate of drug-likeness (QED) is 0.464. The van der Waals surface area contributed by atoms with Crippen molar-refractivity contribution in [1.29, 1.82) is 0 Å². The SMILES string of the molecule is CN=CC(=C(N)COC1CNC1)c1cnc2ccc(Nc3cc(C(C)C)cnn3)nc2c1. The lowest BCUT2D eigenvalue weighted by molar-refractivity contribution is 0.0325. The van der Waals surface area contributed by atoms with Crippen molar-refractivity contribution in [3.05, 3.63) is 53.5 Å². The van der Waals surface area contributed by atoms with Gasteiger partial charge in [-0.3, -0.25) is 9.98 Å². The van der Waals surface area contributed by atoms with Crippen LogP contribution < -0.4 is 16.4 Å². The summed E-state index contributed by atoms with van der Waals surface area (Å²) in [6.07, 6.45) is 5.49. The summed E-state index contributed by atoms with van der Waals surface area (Å²) in [4.78, 5) is 13.4. The molecule has 0 radical (unpaired) electrons. The van der Waals surface area contributed by atoms with Crippen molar-refractivity contribution in [1.82, 2.24) is 25.5 Å². The van der Waals surface area contributed by atoms with Gasteiger partial charge in [-0.15, -0.1) is 5.10 Å². The van der Waals surface area contributed by atoms with Gasteiger partial charge in [0.15, 0.2) is 5.82 Å². The average molecular weight is 433 g/mol. The minimum absolute atomic E-state index is 0.204. The van der Waals surface area contributed by atoms with Gasteiger partial charge in [0, 0.05) is 49.4 Å². The number of hydrogen-bond donors (Lipinski definition) is 3. The molecule has 1 fully saturated rings. The van der Waals surface area contributed by atoms with Crippen molar-refractivity contribution in [3.8, 4) is 0 Å². The van der Waals surface area contributed by atoms with Crippen LogP contribution in [0.2, 0.25) is 0 Å². The summed E-state index contributed by atoms with van der Waals surface area (Å²) in [5.74, 6) is 1.68. The number of nitrogens with one attached hydrogen (secondary N) is 2. The van der Waals surface area contributed by atoms with E-state index < -0.39 is 0 Å². The molecule has 0 bridgehead atoms. The maximum Gasteiger partial charge on any atom is 0.154 e. The monoisotopic (exact) mass is 432 g/mol. The number of pyridine rings is 2. The second-order valence-corrected chi connectivity index (χ2v) is 8.03. The number of fused-ring (bicyclic) bond motifs is 1. The Balaban J connectivity index is 1.61. The number of aromatic nitrogens is 4. The molecule has 9 nitrogen and oxygen atoms in total. The smallest absolute Gasteiger partial charge is 0.154 e. The molecule has 1 aliphatic heterocycles. The Morgan fingerprint density at radius 3 is 2.81 bits per heavy atom. The minimum Gasteiger partial charge on any atom is -0.400 e. The molecule has 4 heterocycles. The normalized spacial score (nSPS) is 15.2. The molecule has 4 N–H and O–H groups in total. The highest BCUT2D eigenvalue weighted by Gasteiger charge is 2.18. The summed E-state index contributed by atoms with van der Waals surface area (Å²) >= 11 is 0. The lowest BCUT2D eigenvalue weighted by Gasteiger charge is -2.27. The second-order valence-electron chi connectivity index (χ2n) is 8.03. The summed E-state index contributed by atoms with van der Waals surface area (Å²) in [7, 11) is 1.71. The molecule has 0 atom stereocenters. The Hall–Kier alpha value is -3.43. The maximum atomic E-state index is 6.35. The van der Waals surface area contributed by atoms with E-state index in [2.05, 4.69) is 44.7 Å². The zero-order chi connectivity index (χ0) is 22.5. The Morgan fingerprint density at radius 1 is 1.25 bits per heavy atom. The maximum absolute atomic E-state index is 6.35. The minimum atomic E-state index is 0.204. The first-order valence-electron chi connectivity index (χ1n) is 10.6. The molecule has 0 saturated carbocycles. The van der Waals surface area contributed by atoms with Crippen molar-refractivity contribution in [2.24, 2.45) is 10.7 Å². The van der Waals surface area contributed by atoms with E-state index in [0.29, 0.717) is 29.9 Å². The van der Waals surface area contributed by atoms with E-state index in [4.69, 9.17) is 15.5 Å². The molecule has 0 unspecified atom stereocenters. The van der Waals surface area contributed by atoms with E-state index in [-0.39, 0.29) is 6.10 Å². The molecule has 1 saturated heterocycles. The molecule has 4 rings (SSSR count). The van der Waals surface area contributed by atoms with Gasteiger partial charge in [-0.25, -0.2) is 4.98 Å². The molecule has 32 heavy (non-hydrogen) atoms. The van der Waals surface area contributed by atoms with Gasteiger partial charge in [-0.1, -0.05) is 13.8 Å². The van der Waals surface area contributed by atoms with Gasteiger partial charge in [-0.05, 0) is 35.7 Å². The number of nitrogens with two attached hydrogens (primary N) is 1. The van der Waals surface area contributed by atoms with E-state index in [1.165, 1.54) is 0 Å². The zero-order valence-corrected chi connectivity index (χ0v) is 18.5. The van der Waals surface area contributed by atoms with Gasteiger partial charge in [-0.2, -0.15) is 5.10 Å². The molecular formula is C23H28N8O. The summed E-state index contributed by atoms with van der Waals surface area (Å²) in [5, 5.41) is 14.7. The number of allylic oxidation sites excluding steroid dienone is 1. The van der Waals surface area contributed by atoms with Crippen LogP contribution >= 0.6 is 0 Å². The number of nitrogens with zero attached hydrogens (tertiary/aromatic N) is 5. The highest BCUT2D eigenvalue weighted by Crippen LogP contribution is 2.22. The standard InChI is InChI=1S/C23H28N8O/c1-14(2)15-7-23(31-28-9-15)30-22-5-4-20-21(29-22)6-16(8-27-20)18(12-25-3)19(24)13-32-17-10-26-11-17/h4-9,12,14,17,26H,10-11,13,24H2,1-3H3,(H,29,30,31). The highest BCUT2D eigenvalue weighted by atomic mass is 16.5. The molecule has 3 aromatic rings. The van der Waals surface area contributed by atoms with Crippen molar-refractivity contribution in [3.63, 3.8) is 0 Å². The van der Waals surface area contributed by atoms with Crippen LogP contribution in [-0.4, -0.2) is 59.2 Å². The van der Waals surface area contributed by atoms with Gasteiger partial charge >= 0.3 is 0 Å². The van der Waals surface area contributed by atoms with Crippen LogP contribution in [-0.2, 0) is 4.74 Å². The molecular weight excluding hydrogens is 404 g/mol. The van der Waals surface area contributed by atoms with Crippen LogP contribution in [0.5, 0.6) is 0 Å². The van der Waals surface area contributed by atoms with Crippen molar-refractivity contribution in [2.75, 3.05) is 32.1 Å². The fraction of sp³-hybridized carbons (Fsp3) is 0.348. The fourth-order valence-corrected chi connectivity index (χ4v) is 3.25. The third kappa shape index (κ3) is 5.06. The number of hydrogen-bond acceptors (Lipinski definition) is 9. The first kappa shape index (κ1) is 21.8. The fourth-order valence-electron chi connectivity index (χ4n) is 3.25. The van der Waals surface area contributed by atoms with E-state index in [1.54, 1.807) is 25.7 Å². The lowest BCUT2D eigenvalue weighted by atomic mass is 10.1. The van der Waals surface area contributed by atoms with E-state index in [1.807, 2.05) is 24.3 Å². The van der Waals surface area contributed by atoms with Crippen LogP contribution in [0.4, 0.5) is 11.6 Å². The summed E-state index contributed by atoms with van der Waals surface area (Å²) in [6, 6.07) is 7.73. The predicted octanol–water partition coefficient (Wildman–Crippen LogP) is 2.65. The third-order valence-electron chi connectivity index (χ3n) is 5.27. The van der Waals surface area contributed by atoms with Crippen LogP contribution in [0.1, 0.15) is 30.9 Å². The van der Waals surface area contributed by atoms with Crippen LogP contribution in [0, 0.1) is 0 Å². The van der Waals surface area contributed by atoms with Gasteiger partial charge in [0.2, 0.25) is 0 Å². The largest absolute Gasteiger partial charge is 0.400 e. The van der Waals surface area contributed by atoms with Gasteiger partial charge in [0.1, 0.15) is 5.82 Å². The Kier molecular flexibility index (Phi) is 6.67. The topological polar surface area (TPSA) is 123 Å². The zero-order valence-electron chi connectivity index (χ0n) is 18.5. The highest BCUT2D eigenvalue weighted by molar-refractivity contribution is 6.11. The van der Waals surface area contributed by atoms with E-state index in [0.717, 1.165) is 40.8 Å². The first-order valence-corrected chi connectivity index (χ1v) is 10.6. The van der Waals surface area contributed by atoms with Gasteiger partial charge in [0.05, 0.1) is 29.9 Å². The summed E-state index contributed by atoms with van der Waals surface area (Å²) in [6.45, 7) is 6.28. The van der Waals surface area contributed by atoms with Crippen molar-refractivity contribution in [2.45, 2.75) is 25.9 Å². The van der Waals surface area contributed by atoms with Crippen LogP contribution in [0.3, 0.4) is 0 Å². The number of ether oxygens (including phenoxy) is 1. The molecule has 0 spiro atoms. The van der Waals surface area contributed by atoms with Gasteiger partial charge in [0.25, 0.3) is 0 Å². The van der Waals surface area contributed by atoms with Crippen molar-refractivity contribution >= 4 is 34.5 Å². The molecule has 1 aliphatic rings. The Bertz CT molecular complexity index is 1150. The molecule has 9 heteroatoms. The third-order valence-corrected chi connectivity index (χ3v) is 5.27. The van der Waals surface area contributed by atoms with Gasteiger partial charge < -0.3 is 21.1 Å². The van der Waals surface area contributed by atoms with Crippen molar-refractivity contribution < 1.29 is 4.74 Å². The predicted molar refractivity (Wildman–Crippen MR) is 127 cm³/mol.